The van der Waals surface area contributed by atoms with E-state index in [2.05, 4.69) is 50.4 Å². The Bertz CT molecular complexity index is 292. The van der Waals surface area contributed by atoms with Gasteiger partial charge in [0.1, 0.15) is 0 Å². The van der Waals surface area contributed by atoms with Crippen molar-refractivity contribution in [1.29, 1.82) is 0 Å². The van der Waals surface area contributed by atoms with Crippen LogP contribution in [0.4, 0.5) is 0 Å². The van der Waals surface area contributed by atoms with Crippen LogP contribution >= 0.6 is 0 Å². The molecule has 1 unspecified atom stereocenters. The molecule has 0 spiro atoms. The minimum absolute atomic E-state index is 0.250. The molecule has 1 atom stereocenters. The third-order valence-corrected chi connectivity index (χ3v) is 2.86. The lowest BCUT2D eigenvalue weighted by Crippen LogP contribution is -2.26. The summed E-state index contributed by atoms with van der Waals surface area (Å²) < 4.78 is 0. The first-order chi connectivity index (χ1) is 7.63. The first-order valence-corrected chi connectivity index (χ1v) is 6.06. The maximum atomic E-state index is 8.79. The maximum Gasteiger partial charge on any atom is 0.0445 e. The standard InChI is InChI=1S/C14H23NO/c1-11(2)14-6-4-13(5-7-14)10-15-12(3)8-9-16/h4-7,11-12,15-16H,8-10H2,1-3H3. The summed E-state index contributed by atoms with van der Waals surface area (Å²) in [6, 6.07) is 9.11. The van der Waals surface area contributed by atoms with E-state index in [1.54, 1.807) is 0 Å². The molecule has 0 fully saturated rings. The SMILES string of the molecule is CC(CCO)NCc1ccc(C(C)C)cc1. The van der Waals surface area contributed by atoms with Crippen LogP contribution in [-0.4, -0.2) is 17.8 Å². The highest BCUT2D eigenvalue weighted by Crippen LogP contribution is 2.14. The molecule has 0 saturated carbocycles. The van der Waals surface area contributed by atoms with Crippen molar-refractivity contribution in [3.8, 4) is 0 Å². The summed E-state index contributed by atoms with van der Waals surface area (Å²) in [7, 11) is 0. The molecule has 0 aromatic heterocycles. The Kier molecular flexibility index (Phi) is 5.50. The fourth-order valence-corrected chi connectivity index (χ4v) is 1.61. The van der Waals surface area contributed by atoms with E-state index in [0.717, 1.165) is 13.0 Å². The molecule has 0 amide bonds. The second-order valence-electron chi connectivity index (χ2n) is 4.69. The van der Waals surface area contributed by atoms with E-state index < -0.39 is 0 Å². The minimum atomic E-state index is 0.250. The number of benzene rings is 1. The summed E-state index contributed by atoms with van der Waals surface area (Å²) >= 11 is 0. The van der Waals surface area contributed by atoms with Crippen LogP contribution in [0.15, 0.2) is 24.3 Å². The van der Waals surface area contributed by atoms with Crippen molar-refractivity contribution in [2.45, 2.75) is 45.7 Å². The van der Waals surface area contributed by atoms with Gasteiger partial charge in [0.05, 0.1) is 0 Å². The monoisotopic (exact) mass is 221 g/mol. The number of aliphatic hydroxyl groups is 1. The quantitative estimate of drug-likeness (QED) is 0.774. The zero-order valence-corrected chi connectivity index (χ0v) is 10.5. The minimum Gasteiger partial charge on any atom is -0.396 e. The molecule has 1 aromatic carbocycles. The van der Waals surface area contributed by atoms with E-state index in [0.29, 0.717) is 12.0 Å². The van der Waals surface area contributed by atoms with Gasteiger partial charge in [0.25, 0.3) is 0 Å². The van der Waals surface area contributed by atoms with Crippen molar-refractivity contribution < 1.29 is 5.11 Å². The van der Waals surface area contributed by atoms with Gasteiger partial charge < -0.3 is 10.4 Å². The first kappa shape index (κ1) is 13.2. The Morgan fingerprint density at radius 3 is 2.25 bits per heavy atom. The normalized spacial score (nSPS) is 13.1. The zero-order chi connectivity index (χ0) is 12.0. The summed E-state index contributed by atoms with van der Waals surface area (Å²) in [6.45, 7) is 7.63. The van der Waals surface area contributed by atoms with Gasteiger partial charge in [0.15, 0.2) is 0 Å². The summed E-state index contributed by atoms with van der Waals surface area (Å²) in [6.07, 6.45) is 0.810. The van der Waals surface area contributed by atoms with Gasteiger partial charge in [-0.15, -0.1) is 0 Å². The average Bonchev–Trinajstić information content (AvgIpc) is 2.27. The maximum absolute atomic E-state index is 8.79. The molecule has 0 aliphatic carbocycles. The van der Waals surface area contributed by atoms with Crippen LogP contribution in [0, 0.1) is 0 Å². The Hall–Kier alpha value is -0.860. The topological polar surface area (TPSA) is 32.3 Å². The van der Waals surface area contributed by atoms with Gasteiger partial charge in [-0.3, -0.25) is 0 Å². The Labute approximate surface area is 98.7 Å². The molecule has 0 bridgehead atoms. The van der Waals surface area contributed by atoms with Crippen molar-refractivity contribution in [1.82, 2.24) is 5.32 Å². The van der Waals surface area contributed by atoms with Crippen molar-refractivity contribution in [2.75, 3.05) is 6.61 Å². The van der Waals surface area contributed by atoms with Crippen LogP contribution in [0.1, 0.15) is 44.2 Å². The van der Waals surface area contributed by atoms with E-state index in [1.165, 1.54) is 11.1 Å². The van der Waals surface area contributed by atoms with Crippen LogP contribution in [0.3, 0.4) is 0 Å². The van der Waals surface area contributed by atoms with Gasteiger partial charge in [0.2, 0.25) is 0 Å². The molecular formula is C14H23NO. The van der Waals surface area contributed by atoms with Gasteiger partial charge in [-0.25, -0.2) is 0 Å². The molecule has 90 valence electrons. The van der Waals surface area contributed by atoms with E-state index in [4.69, 9.17) is 5.11 Å². The highest BCUT2D eigenvalue weighted by Gasteiger charge is 2.01. The van der Waals surface area contributed by atoms with E-state index in [-0.39, 0.29) is 6.61 Å². The summed E-state index contributed by atoms with van der Waals surface area (Å²) in [4.78, 5) is 0. The molecule has 0 saturated heterocycles. The molecule has 1 aromatic rings. The predicted octanol–water partition coefficient (Wildman–Crippen LogP) is 2.67. The third kappa shape index (κ3) is 4.33. The fraction of sp³-hybridized carbons (Fsp3) is 0.571. The molecule has 2 N–H and O–H groups in total. The van der Waals surface area contributed by atoms with Crippen molar-refractivity contribution in [3.63, 3.8) is 0 Å². The largest absolute Gasteiger partial charge is 0.396 e. The predicted molar refractivity (Wildman–Crippen MR) is 68.5 cm³/mol. The highest BCUT2D eigenvalue weighted by atomic mass is 16.3. The molecule has 0 radical (unpaired) electrons. The summed E-state index contributed by atoms with van der Waals surface area (Å²) in [5.41, 5.74) is 2.68. The van der Waals surface area contributed by atoms with Gasteiger partial charge in [-0.1, -0.05) is 38.1 Å². The number of rotatable bonds is 6. The molecule has 0 heterocycles. The Morgan fingerprint density at radius 2 is 1.75 bits per heavy atom. The third-order valence-electron chi connectivity index (χ3n) is 2.86. The van der Waals surface area contributed by atoms with Gasteiger partial charge in [-0.2, -0.15) is 0 Å². The molecule has 2 nitrogen and oxygen atoms in total. The lowest BCUT2D eigenvalue weighted by atomic mass is 10.0. The Morgan fingerprint density at radius 1 is 1.12 bits per heavy atom. The van der Waals surface area contributed by atoms with Crippen molar-refractivity contribution >= 4 is 0 Å². The van der Waals surface area contributed by atoms with Crippen LogP contribution in [-0.2, 0) is 6.54 Å². The molecule has 0 aliphatic rings. The van der Waals surface area contributed by atoms with Crippen LogP contribution < -0.4 is 5.32 Å². The lowest BCUT2D eigenvalue weighted by Gasteiger charge is -2.13. The molecular weight excluding hydrogens is 198 g/mol. The van der Waals surface area contributed by atoms with Crippen LogP contribution in [0.2, 0.25) is 0 Å². The second-order valence-corrected chi connectivity index (χ2v) is 4.69. The number of hydrogen-bond acceptors (Lipinski definition) is 2. The molecule has 0 aliphatic heterocycles. The van der Waals surface area contributed by atoms with Crippen LogP contribution in [0.25, 0.3) is 0 Å². The van der Waals surface area contributed by atoms with E-state index >= 15 is 0 Å². The molecule has 1 rings (SSSR count). The smallest absolute Gasteiger partial charge is 0.0445 e. The molecule has 16 heavy (non-hydrogen) atoms. The fourth-order valence-electron chi connectivity index (χ4n) is 1.61. The van der Waals surface area contributed by atoms with Gasteiger partial charge in [-0.05, 0) is 30.4 Å². The summed E-state index contributed by atoms with van der Waals surface area (Å²) in [5, 5.41) is 12.2. The average molecular weight is 221 g/mol. The van der Waals surface area contributed by atoms with Gasteiger partial charge >= 0.3 is 0 Å². The van der Waals surface area contributed by atoms with E-state index in [9.17, 15) is 0 Å². The van der Waals surface area contributed by atoms with Crippen LogP contribution in [0.5, 0.6) is 0 Å². The highest BCUT2D eigenvalue weighted by molar-refractivity contribution is 5.24. The number of aliphatic hydroxyl groups excluding tert-OH is 1. The molecule has 2 heteroatoms. The zero-order valence-electron chi connectivity index (χ0n) is 10.5. The van der Waals surface area contributed by atoms with Crippen molar-refractivity contribution in [3.05, 3.63) is 35.4 Å². The number of nitrogens with one attached hydrogen (secondary N) is 1. The number of hydrogen-bond donors (Lipinski definition) is 2. The summed E-state index contributed by atoms with van der Waals surface area (Å²) in [5.74, 6) is 0.593. The van der Waals surface area contributed by atoms with E-state index in [1.807, 2.05) is 0 Å². The van der Waals surface area contributed by atoms with Gasteiger partial charge in [0, 0.05) is 19.2 Å². The van der Waals surface area contributed by atoms with Crippen molar-refractivity contribution in [2.24, 2.45) is 0 Å². The second kappa shape index (κ2) is 6.66. The lowest BCUT2D eigenvalue weighted by molar-refractivity contribution is 0.268. The first-order valence-electron chi connectivity index (χ1n) is 6.06. The Balaban J connectivity index is 2.43.